The maximum atomic E-state index is 12.4. The van der Waals surface area contributed by atoms with Gasteiger partial charge in [0.05, 0.1) is 5.75 Å². The Hall–Kier alpha value is -1.89. The Morgan fingerprint density at radius 3 is 2.26 bits per heavy atom. The van der Waals surface area contributed by atoms with Crippen LogP contribution in [0.1, 0.15) is 36.8 Å². The maximum absolute atomic E-state index is 12.4. The summed E-state index contributed by atoms with van der Waals surface area (Å²) in [5.41, 5.74) is -0.0397. The molecular formula is C16H21NO5S. The maximum Gasteiger partial charge on any atom is 0.319 e. The van der Waals surface area contributed by atoms with Crippen LogP contribution in [0.25, 0.3) is 0 Å². The molecule has 0 unspecified atom stereocenters. The third-order valence-electron chi connectivity index (χ3n) is 4.28. The summed E-state index contributed by atoms with van der Waals surface area (Å²) < 4.78 is 23.0. The van der Waals surface area contributed by atoms with Gasteiger partial charge in [0, 0.05) is 12.8 Å². The number of carboxylic acid groups (broad SMARTS) is 1. The van der Waals surface area contributed by atoms with Crippen LogP contribution in [0.4, 0.5) is 0 Å². The predicted molar refractivity (Wildman–Crippen MR) is 85.4 cm³/mol. The second kappa shape index (κ2) is 6.70. The molecule has 6 nitrogen and oxygen atoms in total. The van der Waals surface area contributed by atoms with E-state index >= 15 is 0 Å². The van der Waals surface area contributed by atoms with Crippen molar-refractivity contribution in [2.75, 3.05) is 6.26 Å². The van der Waals surface area contributed by atoms with Gasteiger partial charge in [-0.05, 0) is 24.0 Å². The number of carbonyl (C=O) groups is 2. The first-order chi connectivity index (χ1) is 10.7. The van der Waals surface area contributed by atoms with Crippen molar-refractivity contribution < 1.29 is 23.1 Å². The van der Waals surface area contributed by atoms with Gasteiger partial charge in [-0.3, -0.25) is 9.59 Å². The molecule has 0 aliphatic heterocycles. The van der Waals surface area contributed by atoms with E-state index in [0.717, 1.165) is 19.1 Å². The van der Waals surface area contributed by atoms with Crippen LogP contribution in [0.15, 0.2) is 24.3 Å². The van der Waals surface area contributed by atoms with Crippen molar-refractivity contribution in [3.05, 3.63) is 35.4 Å². The Morgan fingerprint density at radius 1 is 1.17 bits per heavy atom. The van der Waals surface area contributed by atoms with Crippen LogP contribution < -0.4 is 5.32 Å². The molecule has 1 aromatic carbocycles. The first-order valence-electron chi connectivity index (χ1n) is 7.51. The third-order valence-corrected chi connectivity index (χ3v) is 5.11. The van der Waals surface area contributed by atoms with E-state index in [1.165, 1.54) is 0 Å². The van der Waals surface area contributed by atoms with E-state index in [4.69, 9.17) is 0 Å². The molecule has 0 atom stereocenters. The largest absolute Gasteiger partial charge is 0.480 e. The molecule has 1 fully saturated rings. The topological polar surface area (TPSA) is 101 Å². The van der Waals surface area contributed by atoms with Gasteiger partial charge in [0.1, 0.15) is 5.41 Å². The Morgan fingerprint density at radius 2 is 1.74 bits per heavy atom. The van der Waals surface area contributed by atoms with Crippen LogP contribution in [-0.2, 0) is 31.7 Å². The Bertz CT molecular complexity index is 705. The highest BCUT2D eigenvalue weighted by molar-refractivity contribution is 7.89. The number of hydrogen-bond donors (Lipinski definition) is 2. The van der Waals surface area contributed by atoms with Crippen molar-refractivity contribution in [3.8, 4) is 0 Å². The fourth-order valence-corrected chi connectivity index (χ4v) is 3.86. The molecule has 0 saturated heterocycles. The lowest BCUT2D eigenvalue weighted by Crippen LogP contribution is -2.44. The molecule has 1 aliphatic rings. The van der Waals surface area contributed by atoms with E-state index in [1.807, 2.05) is 0 Å². The van der Waals surface area contributed by atoms with Gasteiger partial charge < -0.3 is 10.4 Å². The average Bonchev–Trinajstić information content (AvgIpc) is 2.95. The van der Waals surface area contributed by atoms with Crippen molar-refractivity contribution >= 4 is 21.7 Å². The van der Waals surface area contributed by atoms with Gasteiger partial charge in [-0.1, -0.05) is 37.1 Å². The molecule has 1 saturated carbocycles. The molecule has 1 aliphatic carbocycles. The summed E-state index contributed by atoms with van der Waals surface area (Å²) in [6, 6.07) is 6.94. The molecule has 0 bridgehead atoms. The van der Waals surface area contributed by atoms with E-state index in [2.05, 4.69) is 5.32 Å². The van der Waals surface area contributed by atoms with Crippen LogP contribution in [0.5, 0.6) is 0 Å². The van der Waals surface area contributed by atoms with Gasteiger partial charge in [-0.2, -0.15) is 0 Å². The highest BCUT2D eigenvalue weighted by Gasteiger charge is 2.48. The summed E-state index contributed by atoms with van der Waals surface area (Å²) in [4.78, 5) is 23.9. The van der Waals surface area contributed by atoms with Crippen LogP contribution >= 0.6 is 0 Å². The Labute approximate surface area is 135 Å². The SMILES string of the molecule is CS(=O)(=O)Cc1ccccc1CNC(=O)C1(C(=O)O)CCCC1. The number of carbonyl (C=O) groups excluding carboxylic acids is 1. The van der Waals surface area contributed by atoms with Gasteiger partial charge in [-0.15, -0.1) is 0 Å². The summed E-state index contributed by atoms with van der Waals surface area (Å²) in [7, 11) is -3.19. The van der Waals surface area contributed by atoms with Crippen molar-refractivity contribution in [3.63, 3.8) is 0 Å². The van der Waals surface area contributed by atoms with Crippen molar-refractivity contribution in [1.82, 2.24) is 5.32 Å². The monoisotopic (exact) mass is 339 g/mol. The lowest BCUT2D eigenvalue weighted by molar-refractivity contribution is -0.155. The highest BCUT2D eigenvalue weighted by Crippen LogP contribution is 2.38. The highest BCUT2D eigenvalue weighted by atomic mass is 32.2. The molecule has 2 N–H and O–H groups in total. The van der Waals surface area contributed by atoms with E-state index in [-0.39, 0.29) is 12.3 Å². The number of hydrogen-bond acceptors (Lipinski definition) is 4. The van der Waals surface area contributed by atoms with Gasteiger partial charge in [0.15, 0.2) is 9.84 Å². The third kappa shape index (κ3) is 4.10. The van der Waals surface area contributed by atoms with Crippen LogP contribution in [-0.4, -0.2) is 31.7 Å². The fourth-order valence-electron chi connectivity index (χ4n) is 3.01. The molecule has 0 spiro atoms. The molecule has 7 heteroatoms. The second-order valence-corrected chi connectivity index (χ2v) is 8.26. The number of rotatable bonds is 6. The van der Waals surface area contributed by atoms with Crippen molar-refractivity contribution in [1.29, 1.82) is 0 Å². The molecule has 23 heavy (non-hydrogen) atoms. The summed E-state index contributed by atoms with van der Waals surface area (Å²) in [6.45, 7) is 0.125. The fraction of sp³-hybridized carbons (Fsp3) is 0.500. The van der Waals surface area contributed by atoms with Gasteiger partial charge in [-0.25, -0.2) is 8.42 Å². The van der Waals surface area contributed by atoms with Crippen LogP contribution in [0, 0.1) is 5.41 Å². The molecule has 0 heterocycles. The van der Waals surface area contributed by atoms with Crippen LogP contribution in [0.2, 0.25) is 0 Å². The van der Waals surface area contributed by atoms with Gasteiger partial charge in [0.25, 0.3) is 0 Å². The minimum atomic E-state index is -3.19. The quantitative estimate of drug-likeness (QED) is 0.765. The Balaban J connectivity index is 2.12. The number of nitrogens with one attached hydrogen (secondary N) is 1. The van der Waals surface area contributed by atoms with E-state index in [0.29, 0.717) is 24.0 Å². The van der Waals surface area contributed by atoms with Gasteiger partial charge in [0.2, 0.25) is 5.91 Å². The average molecular weight is 339 g/mol. The first-order valence-corrected chi connectivity index (χ1v) is 9.57. The molecule has 1 aromatic rings. The normalized spacial score (nSPS) is 16.9. The molecule has 0 radical (unpaired) electrons. The summed E-state index contributed by atoms with van der Waals surface area (Å²) in [5.74, 6) is -1.68. The van der Waals surface area contributed by atoms with Gasteiger partial charge >= 0.3 is 5.97 Å². The number of benzene rings is 1. The van der Waals surface area contributed by atoms with E-state index in [9.17, 15) is 23.1 Å². The molecular weight excluding hydrogens is 318 g/mol. The van der Waals surface area contributed by atoms with Crippen molar-refractivity contribution in [2.24, 2.45) is 5.41 Å². The summed E-state index contributed by atoms with van der Waals surface area (Å²) in [5, 5.41) is 12.1. The Kier molecular flexibility index (Phi) is 5.09. The zero-order valence-corrected chi connectivity index (χ0v) is 13.9. The second-order valence-electron chi connectivity index (χ2n) is 6.12. The minimum absolute atomic E-state index is 0.108. The summed E-state index contributed by atoms with van der Waals surface area (Å²) >= 11 is 0. The molecule has 1 amide bonds. The molecule has 2 rings (SSSR count). The minimum Gasteiger partial charge on any atom is -0.480 e. The number of amides is 1. The molecule has 0 aromatic heterocycles. The zero-order chi connectivity index (χ0) is 17.1. The number of aliphatic carboxylic acids is 1. The van der Waals surface area contributed by atoms with E-state index in [1.54, 1.807) is 24.3 Å². The van der Waals surface area contributed by atoms with Crippen LogP contribution in [0.3, 0.4) is 0 Å². The molecule has 126 valence electrons. The smallest absolute Gasteiger partial charge is 0.319 e. The standard InChI is InChI=1S/C16H21NO5S/c1-23(21,22)11-13-7-3-2-6-12(13)10-17-14(18)16(15(19)20)8-4-5-9-16/h2-3,6-7H,4-5,8-11H2,1H3,(H,17,18)(H,19,20). The number of carboxylic acids is 1. The van der Waals surface area contributed by atoms with E-state index < -0.39 is 27.1 Å². The predicted octanol–water partition coefficient (Wildman–Crippen LogP) is 1.49. The summed E-state index contributed by atoms with van der Waals surface area (Å²) in [6.07, 6.45) is 3.30. The van der Waals surface area contributed by atoms with Crippen molar-refractivity contribution in [2.45, 2.75) is 38.0 Å². The first kappa shape index (κ1) is 17.5. The zero-order valence-electron chi connectivity index (χ0n) is 13.0. The lowest BCUT2D eigenvalue weighted by Gasteiger charge is -2.23. The lowest BCUT2D eigenvalue weighted by atomic mass is 9.85. The number of sulfone groups is 1.